The number of rotatable bonds is 4. The van der Waals surface area contributed by atoms with Gasteiger partial charge in [0.1, 0.15) is 5.69 Å². The molecule has 1 saturated heterocycles. The Morgan fingerprint density at radius 3 is 2.95 bits per heavy atom. The van der Waals surface area contributed by atoms with Crippen molar-refractivity contribution in [3.63, 3.8) is 0 Å². The Bertz CT molecular complexity index is 476. The summed E-state index contributed by atoms with van der Waals surface area (Å²) < 4.78 is 8.45. The summed E-state index contributed by atoms with van der Waals surface area (Å²) in [5.41, 5.74) is 0.764. The maximum absolute atomic E-state index is 12.4. The van der Waals surface area contributed by atoms with E-state index in [9.17, 15) is 4.79 Å². The summed E-state index contributed by atoms with van der Waals surface area (Å²) in [6.07, 6.45) is 5.39. The Balaban J connectivity index is 1.69. The van der Waals surface area contributed by atoms with E-state index in [0.29, 0.717) is 12.0 Å². The van der Waals surface area contributed by atoms with E-state index >= 15 is 0 Å². The van der Waals surface area contributed by atoms with Crippen LogP contribution in [0.2, 0.25) is 0 Å². The number of nitrogens with one attached hydrogen (secondary N) is 1. The Hall–Kier alpha value is -0.810. The fraction of sp³-hybridized carbons (Fsp3) is 0.643. The molecule has 2 atom stereocenters. The molecule has 0 radical (unpaired) electrons. The van der Waals surface area contributed by atoms with E-state index in [0.717, 1.165) is 29.8 Å². The van der Waals surface area contributed by atoms with E-state index in [2.05, 4.69) is 32.7 Å². The summed E-state index contributed by atoms with van der Waals surface area (Å²) in [5, 5.41) is 3.11. The first-order valence-electron chi connectivity index (χ1n) is 6.91. The zero-order valence-electron chi connectivity index (χ0n) is 11.1. The predicted octanol–water partition coefficient (Wildman–Crippen LogP) is 2.74. The Morgan fingerprint density at radius 2 is 2.32 bits per heavy atom. The van der Waals surface area contributed by atoms with Crippen LogP contribution >= 0.6 is 15.9 Å². The van der Waals surface area contributed by atoms with Gasteiger partial charge < -0.3 is 14.6 Å². The molecule has 2 aliphatic rings. The molecule has 19 heavy (non-hydrogen) atoms. The minimum absolute atomic E-state index is 0.0250. The molecule has 1 N–H and O–H groups in total. The monoisotopic (exact) mass is 326 g/mol. The number of nitrogens with zero attached hydrogens (tertiary/aromatic N) is 1. The third-order valence-electron chi connectivity index (χ3n) is 4.02. The minimum atomic E-state index is 0.0250. The molecular formula is C14H19BrN2O2. The zero-order valence-corrected chi connectivity index (χ0v) is 12.6. The molecule has 4 nitrogen and oxygen atoms in total. The molecule has 0 bridgehead atoms. The molecule has 1 aromatic rings. The van der Waals surface area contributed by atoms with Crippen LogP contribution in [0.15, 0.2) is 16.7 Å². The molecule has 2 unspecified atom stereocenters. The normalized spacial score (nSPS) is 24.4. The Labute approximate surface area is 121 Å². The van der Waals surface area contributed by atoms with Gasteiger partial charge in [-0.05, 0) is 48.2 Å². The first-order valence-corrected chi connectivity index (χ1v) is 7.70. The van der Waals surface area contributed by atoms with Crippen LogP contribution in [0, 0.1) is 5.92 Å². The molecule has 1 aliphatic heterocycles. The third-order valence-corrected chi connectivity index (χ3v) is 4.45. The van der Waals surface area contributed by atoms with Crippen molar-refractivity contribution < 1.29 is 9.53 Å². The van der Waals surface area contributed by atoms with Gasteiger partial charge in [-0.2, -0.15) is 0 Å². The average molecular weight is 327 g/mol. The van der Waals surface area contributed by atoms with Crippen LogP contribution in [0.4, 0.5) is 0 Å². The largest absolute Gasteiger partial charge is 0.381 e. The number of amides is 1. The van der Waals surface area contributed by atoms with Crippen LogP contribution < -0.4 is 5.32 Å². The SMILES string of the molecule is CC(NC(=O)c1cc(Br)cn1C1CC1)C1CCOC1. The summed E-state index contributed by atoms with van der Waals surface area (Å²) >= 11 is 3.46. The van der Waals surface area contributed by atoms with Gasteiger partial charge in [0, 0.05) is 35.3 Å². The molecule has 5 heteroatoms. The van der Waals surface area contributed by atoms with Crippen molar-refractivity contribution in [3.8, 4) is 0 Å². The molecule has 0 aromatic carbocycles. The summed E-state index contributed by atoms with van der Waals surface area (Å²) in [4.78, 5) is 12.4. The highest BCUT2D eigenvalue weighted by molar-refractivity contribution is 9.10. The molecule has 1 aromatic heterocycles. The fourth-order valence-corrected chi connectivity index (χ4v) is 3.07. The molecule has 2 heterocycles. The van der Waals surface area contributed by atoms with Crippen LogP contribution in [-0.2, 0) is 4.74 Å². The van der Waals surface area contributed by atoms with Gasteiger partial charge >= 0.3 is 0 Å². The van der Waals surface area contributed by atoms with Crippen molar-refractivity contribution in [2.24, 2.45) is 5.92 Å². The van der Waals surface area contributed by atoms with Crippen LogP contribution in [0.1, 0.15) is 42.7 Å². The van der Waals surface area contributed by atoms with Crippen molar-refractivity contribution in [2.75, 3.05) is 13.2 Å². The topological polar surface area (TPSA) is 43.3 Å². The van der Waals surface area contributed by atoms with E-state index in [1.54, 1.807) is 0 Å². The quantitative estimate of drug-likeness (QED) is 0.924. The van der Waals surface area contributed by atoms with Gasteiger partial charge in [-0.3, -0.25) is 4.79 Å². The second-order valence-electron chi connectivity index (χ2n) is 5.57. The van der Waals surface area contributed by atoms with E-state index in [-0.39, 0.29) is 11.9 Å². The highest BCUT2D eigenvalue weighted by atomic mass is 79.9. The molecular weight excluding hydrogens is 308 g/mol. The summed E-state index contributed by atoms with van der Waals surface area (Å²) in [5.74, 6) is 0.466. The summed E-state index contributed by atoms with van der Waals surface area (Å²) in [7, 11) is 0. The van der Waals surface area contributed by atoms with Gasteiger partial charge in [-0.25, -0.2) is 0 Å². The zero-order chi connectivity index (χ0) is 13.4. The van der Waals surface area contributed by atoms with Crippen molar-refractivity contribution in [3.05, 3.63) is 22.4 Å². The minimum Gasteiger partial charge on any atom is -0.381 e. The van der Waals surface area contributed by atoms with Crippen molar-refractivity contribution >= 4 is 21.8 Å². The van der Waals surface area contributed by atoms with Gasteiger partial charge in [0.15, 0.2) is 0 Å². The number of hydrogen-bond donors (Lipinski definition) is 1. The Kier molecular flexibility index (Phi) is 3.67. The Morgan fingerprint density at radius 1 is 1.53 bits per heavy atom. The average Bonchev–Trinajstić information content (AvgIpc) is 2.91. The molecule has 1 amide bonds. The third kappa shape index (κ3) is 2.87. The number of aromatic nitrogens is 1. The predicted molar refractivity (Wildman–Crippen MR) is 76.3 cm³/mol. The van der Waals surface area contributed by atoms with Crippen molar-refractivity contribution in [1.82, 2.24) is 9.88 Å². The number of hydrogen-bond acceptors (Lipinski definition) is 2. The lowest BCUT2D eigenvalue weighted by atomic mass is 10.0. The molecule has 104 valence electrons. The molecule has 0 spiro atoms. The molecule has 3 rings (SSSR count). The first-order chi connectivity index (χ1) is 9.15. The molecule has 2 fully saturated rings. The van der Waals surface area contributed by atoms with E-state index < -0.39 is 0 Å². The van der Waals surface area contributed by atoms with E-state index in [4.69, 9.17) is 4.74 Å². The smallest absolute Gasteiger partial charge is 0.268 e. The summed E-state index contributed by atoms with van der Waals surface area (Å²) in [6.45, 7) is 3.64. The number of carbonyl (C=O) groups excluding carboxylic acids is 1. The number of halogens is 1. The summed E-state index contributed by atoms with van der Waals surface area (Å²) in [6, 6.07) is 2.58. The lowest BCUT2D eigenvalue weighted by Crippen LogP contribution is -2.39. The van der Waals surface area contributed by atoms with Crippen LogP contribution in [-0.4, -0.2) is 29.7 Å². The standard InChI is InChI=1S/C14H19BrN2O2/c1-9(10-4-5-19-8-10)16-14(18)13-6-11(15)7-17(13)12-2-3-12/h6-7,9-10,12H,2-5,8H2,1H3,(H,16,18). The van der Waals surface area contributed by atoms with Crippen molar-refractivity contribution in [1.29, 1.82) is 0 Å². The first kappa shape index (κ1) is 13.2. The van der Waals surface area contributed by atoms with Crippen LogP contribution in [0.3, 0.4) is 0 Å². The second-order valence-corrected chi connectivity index (χ2v) is 6.48. The lowest BCUT2D eigenvalue weighted by molar-refractivity contribution is 0.0912. The lowest BCUT2D eigenvalue weighted by Gasteiger charge is -2.19. The van der Waals surface area contributed by atoms with Gasteiger partial charge in [0.25, 0.3) is 5.91 Å². The van der Waals surface area contributed by atoms with E-state index in [1.165, 1.54) is 12.8 Å². The van der Waals surface area contributed by atoms with Crippen LogP contribution in [0.5, 0.6) is 0 Å². The highest BCUT2D eigenvalue weighted by Gasteiger charge is 2.29. The molecule has 1 saturated carbocycles. The number of carbonyl (C=O) groups is 1. The van der Waals surface area contributed by atoms with Crippen molar-refractivity contribution in [2.45, 2.75) is 38.3 Å². The van der Waals surface area contributed by atoms with Gasteiger partial charge in [0.05, 0.1) is 6.61 Å². The maximum atomic E-state index is 12.4. The highest BCUT2D eigenvalue weighted by Crippen LogP contribution is 2.37. The van der Waals surface area contributed by atoms with Gasteiger partial charge in [-0.1, -0.05) is 0 Å². The van der Waals surface area contributed by atoms with Crippen LogP contribution in [0.25, 0.3) is 0 Å². The van der Waals surface area contributed by atoms with E-state index in [1.807, 2.05) is 12.3 Å². The fourth-order valence-electron chi connectivity index (χ4n) is 2.63. The number of ether oxygens (including phenoxy) is 1. The van der Waals surface area contributed by atoms with Gasteiger partial charge in [0.2, 0.25) is 0 Å². The van der Waals surface area contributed by atoms with Gasteiger partial charge in [-0.15, -0.1) is 0 Å². The molecule has 1 aliphatic carbocycles. The maximum Gasteiger partial charge on any atom is 0.268 e. The second kappa shape index (κ2) is 5.29.